The van der Waals surface area contributed by atoms with Gasteiger partial charge in [-0.25, -0.2) is 0 Å². The van der Waals surface area contributed by atoms with Crippen molar-refractivity contribution in [1.82, 2.24) is 0 Å². The van der Waals surface area contributed by atoms with Crippen LogP contribution in [0.25, 0.3) is 0 Å². The summed E-state index contributed by atoms with van der Waals surface area (Å²) in [6, 6.07) is 0. The van der Waals surface area contributed by atoms with Crippen molar-refractivity contribution in [3.8, 4) is 0 Å². The maximum absolute atomic E-state index is 9.88. The van der Waals surface area contributed by atoms with Crippen molar-refractivity contribution in [2.45, 2.75) is 31.3 Å². The van der Waals surface area contributed by atoms with Crippen LogP contribution in [0.15, 0.2) is 0 Å². The highest BCUT2D eigenvalue weighted by molar-refractivity contribution is 4.89. The Labute approximate surface area is 90.3 Å². The second-order valence-corrected chi connectivity index (χ2v) is 3.65. The maximum atomic E-state index is 9.88. The first-order valence-corrected chi connectivity index (χ1v) is 5.13. The van der Waals surface area contributed by atoms with E-state index in [1.165, 1.54) is 0 Å². The quantitative estimate of drug-likeness (QED) is 0.629. The molecule has 90 valence electrons. The number of hydrogen-bond donors (Lipinski definition) is 1. The summed E-state index contributed by atoms with van der Waals surface area (Å²) in [5, 5.41) is 9.88. The van der Waals surface area contributed by atoms with E-state index in [4.69, 9.17) is 18.9 Å². The molecule has 0 saturated carbocycles. The molecule has 1 fully saturated rings. The van der Waals surface area contributed by atoms with E-state index in [1.807, 2.05) is 6.92 Å². The average molecular weight is 220 g/mol. The number of methoxy groups -OCH3 is 2. The molecule has 0 radical (unpaired) electrons. The Balaban J connectivity index is 2.36. The zero-order valence-corrected chi connectivity index (χ0v) is 9.51. The van der Waals surface area contributed by atoms with Crippen molar-refractivity contribution in [3.63, 3.8) is 0 Å². The van der Waals surface area contributed by atoms with Gasteiger partial charge in [-0.3, -0.25) is 0 Å². The molecule has 1 rings (SSSR count). The Hall–Kier alpha value is -0.200. The van der Waals surface area contributed by atoms with E-state index in [0.29, 0.717) is 19.8 Å². The third kappa shape index (κ3) is 3.39. The molecule has 1 N–H and O–H groups in total. The monoisotopic (exact) mass is 220 g/mol. The van der Waals surface area contributed by atoms with Crippen LogP contribution in [-0.4, -0.2) is 63.6 Å². The van der Waals surface area contributed by atoms with Gasteiger partial charge < -0.3 is 24.1 Å². The van der Waals surface area contributed by atoms with Crippen LogP contribution in [0.2, 0.25) is 0 Å². The first-order chi connectivity index (χ1) is 7.20. The van der Waals surface area contributed by atoms with Crippen molar-refractivity contribution in [2.75, 3.05) is 34.0 Å². The molecule has 1 aliphatic rings. The second-order valence-electron chi connectivity index (χ2n) is 3.65. The number of ether oxygens (including phenoxy) is 4. The van der Waals surface area contributed by atoms with Crippen LogP contribution in [0.3, 0.4) is 0 Å². The highest BCUT2D eigenvalue weighted by Gasteiger charge is 2.41. The minimum atomic E-state index is -0.628. The van der Waals surface area contributed by atoms with Crippen molar-refractivity contribution in [2.24, 2.45) is 0 Å². The number of aliphatic hydroxyl groups excluding tert-OH is 1. The molecular formula is C10H20O5. The van der Waals surface area contributed by atoms with Crippen molar-refractivity contribution in [3.05, 3.63) is 0 Å². The first-order valence-electron chi connectivity index (χ1n) is 5.13. The fraction of sp³-hybridized carbons (Fsp3) is 1.00. The molecule has 0 aromatic heterocycles. The topological polar surface area (TPSA) is 57.2 Å². The van der Waals surface area contributed by atoms with Crippen LogP contribution in [0.1, 0.15) is 6.92 Å². The molecule has 0 amide bonds. The minimum absolute atomic E-state index is 0.114. The summed E-state index contributed by atoms with van der Waals surface area (Å²) in [4.78, 5) is 0. The van der Waals surface area contributed by atoms with Gasteiger partial charge in [0.25, 0.3) is 0 Å². The van der Waals surface area contributed by atoms with E-state index in [9.17, 15) is 5.11 Å². The zero-order chi connectivity index (χ0) is 11.3. The van der Waals surface area contributed by atoms with Gasteiger partial charge in [0, 0.05) is 14.2 Å². The average Bonchev–Trinajstić information content (AvgIpc) is 2.46. The maximum Gasteiger partial charge on any atom is 0.112 e. The molecule has 1 unspecified atom stereocenters. The molecule has 1 saturated heterocycles. The highest BCUT2D eigenvalue weighted by Crippen LogP contribution is 2.23. The van der Waals surface area contributed by atoms with Gasteiger partial charge in [-0.1, -0.05) is 0 Å². The van der Waals surface area contributed by atoms with Gasteiger partial charge in [-0.05, 0) is 6.92 Å². The van der Waals surface area contributed by atoms with Crippen LogP contribution >= 0.6 is 0 Å². The Kier molecular flexibility index (Phi) is 5.49. The molecule has 0 spiro atoms. The van der Waals surface area contributed by atoms with Gasteiger partial charge in [0.05, 0.1) is 25.9 Å². The molecule has 1 heterocycles. The molecule has 0 bridgehead atoms. The van der Waals surface area contributed by atoms with Crippen molar-refractivity contribution >= 4 is 0 Å². The number of hydrogen-bond acceptors (Lipinski definition) is 5. The molecule has 0 aromatic carbocycles. The molecule has 1 aliphatic heterocycles. The third-order valence-corrected chi connectivity index (χ3v) is 2.50. The predicted molar refractivity (Wildman–Crippen MR) is 53.8 cm³/mol. The van der Waals surface area contributed by atoms with Gasteiger partial charge in [0.1, 0.15) is 18.3 Å². The smallest absolute Gasteiger partial charge is 0.112 e. The lowest BCUT2D eigenvalue weighted by Crippen LogP contribution is -2.36. The van der Waals surface area contributed by atoms with E-state index >= 15 is 0 Å². The summed E-state index contributed by atoms with van der Waals surface area (Å²) in [5.74, 6) is 0. The van der Waals surface area contributed by atoms with Gasteiger partial charge in [-0.15, -0.1) is 0 Å². The summed E-state index contributed by atoms with van der Waals surface area (Å²) in [6.07, 6.45) is -1.33. The highest BCUT2D eigenvalue weighted by atomic mass is 16.6. The first kappa shape index (κ1) is 12.9. The molecule has 5 heteroatoms. The van der Waals surface area contributed by atoms with Crippen molar-refractivity contribution in [1.29, 1.82) is 0 Å². The molecule has 0 aliphatic carbocycles. The number of rotatable bonds is 6. The predicted octanol–water partition coefficient (Wildman–Crippen LogP) is -0.187. The van der Waals surface area contributed by atoms with E-state index in [2.05, 4.69) is 0 Å². The van der Waals surface area contributed by atoms with Gasteiger partial charge in [0.15, 0.2) is 0 Å². The van der Waals surface area contributed by atoms with E-state index in [-0.39, 0.29) is 18.3 Å². The number of aliphatic hydroxyl groups is 1. The molecule has 15 heavy (non-hydrogen) atoms. The van der Waals surface area contributed by atoms with Gasteiger partial charge >= 0.3 is 0 Å². The van der Waals surface area contributed by atoms with Crippen LogP contribution in [-0.2, 0) is 18.9 Å². The van der Waals surface area contributed by atoms with Gasteiger partial charge in [0.2, 0.25) is 0 Å². The Morgan fingerprint density at radius 3 is 2.53 bits per heavy atom. The zero-order valence-electron chi connectivity index (χ0n) is 9.51. The third-order valence-electron chi connectivity index (χ3n) is 2.50. The summed E-state index contributed by atoms with van der Waals surface area (Å²) in [6.45, 7) is 3.25. The van der Waals surface area contributed by atoms with Gasteiger partial charge in [-0.2, -0.15) is 0 Å². The molecule has 4 atom stereocenters. The lowest BCUT2D eigenvalue weighted by atomic mass is 10.1. The van der Waals surface area contributed by atoms with Crippen LogP contribution in [0.4, 0.5) is 0 Å². The summed E-state index contributed by atoms with van der Waals surface area (Å²) in [5.41, 5.74) is 0. The summed E-state index contributed by atoms with van der Waals surface area (Å²) < 4.78 is 20.8. The Morgan fingerprint density at radius 2 is 1.93 bits per heavy atom. The fourth-order valence-corrected chi connectivity index (χ4v) is 1.73. The van der Waals surface area contributed by atoms with Crippen molar-refractivity contribution < 1.29 is 24.1 Å². The standard InChI is InChI=1S/C10H20O5/c1-7-10(14-5-4-12-2)9(11)8(15-7)6-13-3/h7-11H,4-6H2,1-3H3/t7-,8+,9-,10?/m0/s1. The normalized spacial score (nSPS) is 36.0. The minimum Gasteiger partial charge on any atom is -0.387 e. The van der Waals surface area contributed by atoms with Crippen LogP contribution in [0.5, 0.6) is 0 Å². The van der Waals surface area contributed by atoms with E-state index < -0.39 is 6.10 Å². The molecule has 5 nitrogen and oxygen atoms in total. The van der Waals surface area contributed by atoms with Crippen LogP contribution < -0.4 is 0 Å². The summed E-state index contributed by atoms with van der Waals surface area (Å²) >= 11 is 0. The van der Waals surface area contributed by atoms with E-state index in [0.717, 1.165) is 0 Å². The fourth-order valence-electron chi connectivity index (χ4n) is 1.73. The van der Waals surface area contributed by atoms with Crippen LogP contribution in [0, 0.1) is 0 Å². The Bertz CT molecular complexity index is 175. The molecule has 0 aromatic rings. The lowest BCUT2D eigenvalue weighted by molar-refractivity contribution is -0.0483. The Morgan fingerprint density at radius 1 is 1.20 bits per heavy atom. The van der Waals surface area contributed by atoms with E-state index in [1.54, 1.807) is 14.2 Å². The molecular weight excluding hydrogens is 200 g/mol. The largest absolute Gasteiger partial charge is 0.387 e. The lowest BCUT2D eigenvalue weighted by Gasteiger charge is -2.18. The second kappa shape index (κ2) is 6.40. The summed E-state index contributed by atoms with van der Waals surface area (Å²) in [7, 11) is 3.20. The SMILES string of the molecule is COCCOC1[C@H](C)O[C@H](COC)[C@@H]1O.